The van der Waals surface area contributed by atoms with Crippen LogP contribution in [0.1, 0.15) is 0 Å². The molecule has 1 aromatic heterocycles. The van der Waals surface area contributed by atoms with Gasteiger partial charge in [-0.1, -0.05) is 17.0 Å². The van der Waals surface area contributed by atoms with Gasteiger partial charge in [-0.25, -0.2) is 0 Å². The van der Waals surface area contributed by atoms with Crippen LogP contribution in [-0.4, -0.2) is 4.85 Å². The lowest BCUT2D eigenvalue weighted by molar-refractivity contribution is -0.682. The summed E-state index contributed by atoms with van der Waals surface area (Å²) in [6.07, 6.45) is 1.25. The molecule has 4 nitrogen and oxygen atoms in total. The predicted molar refractivity (Wildman–Crippen MR) is 39.7 cm³/mol. The van der Waals surface area contributed by atoms with Gasteiger partial charge in [-0.15, -0.1) is 0 Å². The Labute approximate surface area is 62.4 Å². The van der Waals surface area contributed by atoms with E-state index in [4.69, 9.17) is 0 Å². The smallest absolute Gasteiger partial charge is 0.216 e. The zero-order chi connectivity index (χ0) is 7.84. The van der Waals surface area contributed by atoms with Gasteiger partial charge in [0.05, 0.1) is 5.39 Å². The molecule has 2 aromatic rings. The standard InChI is InChI=1S/C7H5N2O2/c10-8-5-6-3-1-2-4-7(6)9(8)11/h1-5H/q-1. The molecule has 0 aliphatic carbocycles. The summed E-state index contributed by atoms with van der Waals surface area (Å²) < 4.78 is 0. The van der Waals surface area contributed by atoms with Crippen molar-refractivity contribution in [1.29, 1.82) is 0 Å². The molecule has 0 unspecified atom stereocenters. The summed E-state index contributed by atoms with van der Waals surface area (Å²) in [6, 6.07) is 6.83. The van der Waals surface area contributed by atoms with E-state index in [0.29, 0.717) is 15.7 Å². The third kappa shape index (κ3) is 0.724. The number of nitrogens with zero attached hydrogens (tertiary/aromatic N) is 2. The number of benzene rings is 1. The zero-order valence-corrected chi connectivity index (χ0v) is 5.60. The second kappa shape index (κ2) is 1.88. The average Bonchev–Trinajstić information content (AvgIpc) is 2.30. The Morgan fingerprint density at radius 2 is 2.00 bits per heavy atom. The molecule has 2 rings (SSSR count). The average molecular weight is 149 g/mol. The van der Waals surface area contributed by atoms with Crippen LogP contribution in [0, 0.1) is 10.4 Å². The van der Waals surface area contributed by atoms with E-state index in [1.807, 2.05) is 0 Å². The Hall–Kier alpha value is -1.71. The SMILES string of the molecule is [O-]n1c2ccccc2c[n+]1[O-]. The highest BCUT2D eigenvalue weighted by molar-refractivity contribution is 5.77. The molecule has 4 heteroatoms. The summed E-state index contributed by atoms with van der Waals surface area (Å²) in [5, 5.41) is 22.3. The van der Waals surface area contributed by atoms with E-state index < -0.39 is 0 Å². The number of hydrogen-bond donors (Lipinski definition) is 0. The number of para-hydroxylation sites is 1. The topological polar surface area (TPSA) is 54.9 Å². The molecule has 11 heavy (non-hydrogen) atoms. The molecular formula is C7H5N2O2-. The molecule has 0 N–H and O–H groups in total. The summed E-state index contributed by atoms with van der Waals surface area (Å²) in [4.78, 5) is 0.583. The lowest BCUT2D eigenvalue weighted by Crippen LogP contribution is -2.33. The number of rotatable bonds is 0. The van der Waals surface area contributed by atoms with E-state index in [-0.39, 0.29) is 4.85 Å². The summed E-state index contributed by atoms with van der Waals surface area (Å²) in [6.45, 7) is 0. The maximum Gasteiger partial charge on any atom is 0.216 e. The van der Waals surface area contributed by atoms with E-state index >= 15 is 0 Å². The van der Waals surface area contributed by atoms with Gasteiger partial charge in [0, 0.05) is 0 Å². The molecule has 0 fully saturated rings. The first kappa shape index (κ1) is 6.03. The highest BCUT2D eigenvalue weighted by atomic mass is 16.6. The van der Waals surface area contributed by atoms with E-state index in [9.17, 15) is 10.4 Å². The highest BCUT2D eigenvalue weighted by Gasteiger charge is 2.01. The Kier molecular flexibility index (Phi) is 1.03. The van der Waals surface area contributed by atoms with Gasteiger partial charge in [-0.2, -0.15) is 4.85 Å². The van der Waals surface area contributed by atoms with Gasteiger partial charge in [-0.3, -0.25) is 0 Å². The Morgan fingerprint density at radius 3 is 2.73 bits per heavy atom. The van der Waals surface area contributed by atoms with Gasteiger partial charge < -0.3 is 10.4 Å². The molecule has 0 amide bonds. The molecule has 0 bridgehead atoms. The van der Waals surface area contributed by atoms with Gasteiger partial charge in [0.2, 0.25) is 6.20 Å². The van der Waals surface area contributed by atoms with Crippen molar-refractivity contribution < 1.29 is 4.85 Å². The molecule has 0 aliphatic heterocycles. The normalized spacial score (nSPS) is 10.5. The third-order valence-corrected chi connectivity index (χ3v) is 1.57. The van der Waals surface area contributed by atoms with Crippen LogP contribution in [0.5, 0.6) is 0 Å². The van der Waals surface area contributed by atoms with Gasteiger partial charge in [0.15, 0.2) is 0 Å². The first-order valence-electron chi connectivity index (χ1n) is 3.16. The molecule has 0 atom stereocenters. The Bertz CT molecular complexity index is 394. The van der Waals surface area contributed by atoms with E-state index in [1.165, 1.54) is 6.20 Å². The molecule has 1 aromatic carbocycles. The lowest BCUT2D eigenvalue weighted by Gasteiger charge is -2.04. The molecule has 0 spiro atoms. The highest BCUT2D eigenvalue weighted by Crippen LogP contribution is 2.09. The Balaban J connectivity index is 2.92. The largest absolute Gasteiger partial charge is 0.758 e. The van der Waals surface area contributed by atoms with Crippen LogP contribution in [0.15, 0.2) is 30.5 Å². The van der Waals surface area contributed by atoms with Gasteiger partial charge in [-0.05, 0) is 12.1 Å². The maximum absolute atomic E-state index is 10.9. The molecule has 0 saturated heterocycles. The van der Waals surface area contributed by atoms with Crippen LogP contribution < -0.4 is 4.85 Å². The molecule has 56 valence electrons. The molecule has 0 radical (unpaired) electrons. The molecular weight excluding hydrogens is 144 g/mol. The number of aromatic nitrogens is 2. The minimum Gasteiger partial charge on any atom is -0.758 e. The number of hydrogen-bond acceptors (Lipinski definition) is 2. The summed E-state index contributed by atoms with van der Waals surface area (Å²) in [7, 11) is 0. The van der Waals surface area contributed by atoms with Crippen molar-refractivity contribution in [2.24, 2.45) is 0 Å². The quantitative estimate of drug-likeness (QED) is 0.407. The van der Waals surface area contributed by atoms with Crippen molar-refractivity contribution in [2.75, 3.05) is 0 Å². The molecule has 0 aliphatic rings. The van der Waals surface area contributed by atoms with E-state index in [0.717, 1.165) is 0 Å². The number of fused-ring (bicyclic) bond motifs is 1. The fourth-order valence-corrected chi connectivity index (χ4v) is 1.05. The summed E-state index contributed by atoms with van der Waals surface area (Å²) >= 11 is 0. The van der Waals surface area contributed by atoms with Crippen LogP contribution in [-0.2, 0) is 0 Å². The fourth-order valence-electron chi connectivity index (χ4n) is 1.05. The third-order valence-electron chi connectivity index (χ3n) is 1.57. The second-order valence-corrected chi connectivity index (χ2v) is 2.26. The van der Waals surface area contributed by atoms with Crippen molar-refractivity contribution in [2.45, 2.75) is 0 Å². The second-order valence-electron chi connectivity index (χ2n) is 2.26. The first-order valence-corrected chi connectivity index (χ1v) is 3.16. The zero-order valence-electron chi connectivity index (χ0n) is 5.60. The van der Waals surface area contributed by atoms with Gasteiger partial charge in [0.1, 0.15) is 5.52 Å². The molecule has 1 heterocycles. The van der Waals surface area contributed by atoms with Gasteiger partial charge in [0.25, 0.3) is 0 Å². The molecule has 0 saturated carbocycles. The van der Waals surface area contributed by atoms with Crippen molar-refractivity contribution >= 4 is 10.9 Å². The van der Waals surface area contributed by atoms with Crippen molar-refractivity contribution in [3.8, 4) is 0 Å². The van der Waals surface area contributed by atoms with Crippen LogP contribution in [0.3, 0.4) is 0 Å². The maximum atomic E-state index is 10.9. The van der Waals surface area contributed by atoms with E-state index in [2.05, 4.69) is 0 Å². The predicted octanol–water partition coefficient (Wildman–Crippen LogP) is 0.621. The van der Waals surface area contributed by atoms with Crippen molar-refractivity contribution in [1.82, 2.24) is 4.85 Å². The van der Waals surface area contributed by atoms with Crippen LogP contribution in [0.2, 0.25) is 0 Å². The Morgan fingerprint density at radius 1 is 1.27 bits per heavy atom. The van der Waals surface area contributed by atoms with Crippen LogP contribution >= 0.6 is 0 Å². The van der Waals surface area contributed by atoms with Crippen molar-refractivity contribution in [3.63, 3.8) is 0 Å². The monoisotopic (exact) mass is 149 g/mol. The summed E-state index contributed by atoms with van der Waals surface area (Å²) in [5.41, 5.74) is 0.405. The van der Waals surface area contributed by atoms with Crippen molar-refractivity contribution in [3.05, 3.63) is 40.9 Å². The first-order chi connectivity index (χ1) is 5.29. The summed E-state index contributed by atoms with van der Waals surface area (Å²) in [5.74, 6) is 0. The lowest BCUT2D eigenvalue weighted by atomic mass is 10.3. The minimum atomic E-state index is 0.269. The fraction of sp³-hybridized carbons (Fsp3) is 0. The van der Waals surface area contributed by atoms with Crippen LogP contribution in [0.25, 0.3) is 10.9 Å². The van der Waals surface area contributed by atoms with Crippen LogP contribution in [0.4, 0.5) is 0 Å². The van der Waals surface area contributed by atoms with E-state index in [1.54, 1.807) is 24.3 Å². The minimum absolute atomic E-state index is 0.269. The van der Waals surface area contributed by atoms with Gasteiger partial charge >= 0.3 is 0 Å².